The van der Waals surface area contributed by atoms with Gasteiger partial charge in [-0.15, -0.1) is 0 Å². The van der Waals surface area contributed by atoms with Crippen molar-refractivity contribution in [1.29, 1.82) is 0 Å². The largest absolute Gasteiger partial charge is 0.381 e. The van der Waals surface area contributed by atoms with Crippen molar-refractivity contribution >= 4 is 5.95 Å². The Balaban J connectivity index is 1.41. The summed E-state index contributed by atoms with van der Waals surface area (Å²) in [6, 6.07) is 1.10. The van der Waals surface area contributed by atoms with E-state index in [1.54, 1.807) is 0 Å². The van der Waals surface area contributed by atoms with Crippen LogP contribution in [0.2, 0.25) is 0 Å². The molecule has 0 spiro atoms. The van der Waals surface area contributed by atoms with Crippen LogP contribution in [0.4, 0.5) is 10.3 Å². The standard InChI is InChI=1S/C16H23FN4O/c17-13-9-18-16(19-10-13)21-6-2-14-15(21)1-5-20(14)11-12-3-7-22-8-4-12/h9-10,12,14-15H,1-8,11H2/t14-,15+/m0/s1. The second-order valence-electron chi connectivity index (χ2n) is 6.66. The fraction of sp³-hybridized carbons (Fsp3) is 0.750. The molecule has 3 aliphatic heterocycles. The zero-order valence-electron chi connectivity index (χ0n) is 12.8. The molecule has 4 rings (SSSR count). The quantitative estimate of drug-likeness (QED) is 0.850. The fourth-order valence-electron chi connectivity index (χ4n) is 4.26. The predicted octanol–water partition coefficient (Wildman–Crippen LogP) is 1.70. The maximum absolute atomic E-state index is 13.0. The van der Waals surface area contributed by atoms with Crippen LogP contribution in [0, 0.1) is 11.7 Å². The zero-order valence-corrected chi connectivity index (χ0v) is 12.8. The van der Waals surface area contributed by atoms with Crippen LogP contribution in [0.25, 0.3) is 0 Å². The predicted molar refractivity (Wildman–Crippen MR) is 81.3 cm³/mol. The molecule has 0 N–H and O–H groups in total. The van der Waals surface area contributed by atoms with Crippen LogP contribution in [0.3, 0.4) is 0 Å². The number of hydrogen-bond donors (Lipinski definition) is 0. The molecule has 3 aliphatic rings. The Kier molecular flexibility index (Phi) is 3.96. The number of likely N-dealkylation sites (tertiary alicyclic amines) is 1. The first-order valence-electron chi connectivity index (χ1n) is 8.37. The summed E-state index contributed by atoms with van der Waals surface area (Å²) < 4.78 is 18.5. The summed E-state index contributed by atoms with van der Waals surface area (Å²) in [6.07, 6.45) is 7.25. The van der Waals surface area contributed by atoms with Crippen LogP contribution in [0.5, 0.6) is 0 Å². The highest BCUT2D eigenvalue weighted by molar-refractivity contribution is 5.35. The van der Waals surface area contributed by atoms with Crippen molar-refractivity contribution in [3.63, 3.8) is 0 Å². The smallest absolute Gasteiger partial charge is 0.225 e. The lowest BCUT2D eigenvalue weighted by atomic mass is 9.99. The number of rotatable bonds is 3. The van der Waals surface area contributed by atoms with E-state index in [4.69, 9.17) is 4.74 Å². The number of nitrogens with zero attached hydrogens (tertiary/aromatic N) is 4. The fourth-order valence-corrected chi connectivity index (χ4v) is 4.26. The summed E-state index contributed by atoms with van der Waals surface area (Å²) in [7, 11) is 0. The molecule has 0 aliphatic carbocycles. The lowest BCUT2D eigenvalue weighted by Gasteiger charge is -2.30. The van der Waals surface area contributed by atoms with Gasteiger partial charge in [-0.2, -0.15) is 0 Å². The number of fused-ring (bicyclic) bond motifs is 1. The van der Waals surface area contributed by atoms with E-state index >= 15 is 0 Å². The molecule has 6 heteroatoms. The van der Waals surface area contributed by atoms with Gasteiger partial charge in [0.1, 0.15) is 0 Å². The highest BCUT2D eigenvalue weighted by Crippen LogP contribution is 2.34. The third kappa shape index (κ3) is 2.70. The van der Waals surface area contributed by atoms with E-state index in [1.165, 1.54) is 31.8 Å². The van der Waals surface area contributed by atoms with E-state index in [9.17, 15) is 4.39 Å². The van der Waals surface area contributed by atoms with E-state index in [0.29, 0.717) is 18.0 Å². The Morgan fingerprint density at radius 1 is 1.05 bits per heavy atom. The van der Waals surface area contributed by atoms with Gasteiger partial charge in [0.2, 0.25) is 5.95 Å². The van der Waals surface area contributed by atoms with Crippen LogP contribution >= 0.6 is 0 Å². The van der Waals surface area contributed by atoms with Gasteiger partial charge in [0.05, 0.1) is 12.4 Å². The maximum atomic E-state index is 13.0. The van der Waals surface area contributed by atoms with E-state index in [-0.39, 0.29) is 5.82 Å². The molecule has 0 radical (unpaired) electrons. The molecule has 120 valence electrons. The van der Waals surface area contributed by atoms with Gasteiger partial charge >= 0.3 is 0 Å². The van der Waals surface area contributed by atoms with E-state index < -0.39 is 0 Å². The SMILES string of the molecule is Fc1cnc(N2CC[C@H]3[C@H]2CCN3CC2CCOCC2)nc1. The number of aromatic nitrogens is 2. The first kappa shape index (κ1) is 14.3. The van der Waals surface area contributed by atoms with Crippen molar-refractivity contribution in [1.82, 2.24) is 14.9 Å². The van der Waals surface area contributed by atoms with Crippen LogP contribution in [0.1, 0.15) is 25.7 Å². The van der Waals surface area contributed by atoms with Gasteiger partial charge in [-0.3, -0.25) is 4.90 Å². The highest BCUT2D eigenvalue weighted by atomic mass is 19.1. The molecule has 2 atom stereocenters. The van der Waals surface area contributed by atoms with Gasteiger partial charge < -0.3 is 9.64 Å². The molecule has 4 heterocycles. The third-order valence-electron chi connectivity index (χ3n) is 5.39. The number of anilines is 1. The summed E-state index contributed by atoms with van der Waals surface area (Å²) >= 11 is 0. The average Bonchev–Trinajstić information content (AvgIpc) is 3.13. The molecule has 5 nitrogen and oxygen atoms in total. The molecule has 0 unspecified atom stereocenters. The Labute approximate surface area is 130 Å². The molecule has 1 aromatic heterocycles. The van der Waals surface area contributed by atoms with Gasteiger partial charge in [-0.05, 0) is 31.6 Å². The first-order chi connectivity index (χ1) is 10.8. The average molecular weight is 306 g/mol. The molecule has 0 amide bonds. The topological polar surface area (TPSA) is 41.5 Å². The van der Waals surface area contributed by atoms with Crippen molar-refractivity contribution in [2.75, 3.05) is 37.7 Å². The van der Waals surface area contributed by atoms with Crippen LogP contribution in [-0.2, 0) is 4.74 Å². The van der Waals surface area contributed by atoms with Crippen LogP contribution in [-0.4, -0.2) is 59.8 Å². The van der Waals surface area contributed by atoms with E-state index in [0.717, 1.165) is 45.1 Å². The Bertz CT molecular complexity index is 505. The van der Waals surface area contributed by atoms with Crippen LogP contribution in [0.15, 0.2) is 12.4 Å². The maximum Gasteiger partial charge on any atom is 0.225 e. The second kappa shape index (κ2) is 6.08. The van der Waals surface area contributed by atoms with Crippen molar-refractivity contribution in [2.45, 2.75) is 37.8 Å². The van der Waals surface area contributed by atoms with E-state index in [1.807, 2.05) is 0 Å². The van der Waals surface area contributed by atoms with E-state index in [2.05, 4.69) is 19.8 Å². The van der Waals surface area contributed by atoms with Gasteiger partial charge in [-0.25, -0.2) is 14.4 Å². The van der Waals surface area contributed by atoms with Crippen molar-refractivity contribution in [2.24, 2.45) is 5.92 Å². The lowest BCUT2D eigenvalue weighted by molar-refractivity contribution is 0.0508. The molecule has 0 aromatic carbocycles. The first-order valence-corrected chi connectivity index (χ1v) is 8.37. The Morgan fingerprint density at radius 3 is 2.55 bits per heavy atom. The third-order valence-corrected chi connectivity index (χ3v) is 5.39. The summed E-state index contributed by atoms with van der Waals surface area (Å²) in [5.74, 6) is 1.09. The van der Waals surface area contributed by atoms with Gasteiger partial charge in [-0.1, -0.05) is 0 Å². The summed E-state index contributed by atoms with van der Waals surface area (Å²) in [5, 5.41) is 0. The highest BCUT2D eigenvalue weighted by Gasteiger charge is 2.43. The molecular formula is C16H23FN4O. The second-order valence-corrected chi connectivity index (χ2v) is 6.66. The summed E-state index contributed by atoms with van der Waals surface area (Å²) in [4.78, 5) is 13.3. The van der Waals surface area contributed by atoms with Crippen molar-refractivity contribution in [3.05, 3.63) is 18.2 Å². The molecule has 0 bridgehead atoms. The van der Waals surface area contributed by atoms with Crippen molar-refractivity contribution < 1.29 is 9.13 Å². The molecule has 1 aromatic rings. The molecule has 22 heavy (non-hydrogen) atoms. The normalized spacial score (nSPS) is 30.0. The van der Waals surface area contributed by atoms with Crippen molar-refractivity contribution in [3.8, 4) is 0 Å². The Hall–Kier alpha value is -1.27. The summed E-state index contributed by atoms with van der Waals surface area (Å²) in [5.41, 5.74) is 0. The number of hydrogen-bond acceptors (Lipinski definition) is 5. The minimum atomic E-state index is -0.368. The van der Waals surface area contributed by atoms with Gasteiger partial charge in [0.15, 0.2) is 5.82 Å². The molecule has 3 fully saturated rings. The lowest BCUT2D eigenvalue weighted by Crippen LogP contribution is -2.40. The minimum absolute atomic E-state index is 0.368. The molecule has 0 saturated carbocycles. The monoisotopic (exact) mass is 306 g/mol. The molecular weight excluding hydrogens is 283 g/mol. The number of ether oxygens (including phenoxy) is 1. The van der Waals surface area contributed by atoms with Gasteiger partial charge in [0, 0.05) is 44.9 Å². The summed E-state index contributed by atoms with van der Waals surface area (Å²) in [6.45, 7) is 5.17. The molecule has 3 saturated heterocycles. The number of halogens is 1. The zero-order chi connectivity index (χ0) is 14.9. The minimum Gasteiger partial charge on any atom is -0.381 e. The Morgan fingerprint density at radius 2 is 1.77 bits per heavy atom. The van der Waals surface area contributed by atoms with Gasteiger partial charge in [0.25, 0.3) is 0 Å². The van der Waals surface area contributed by atoms with Crippen LogP contribution < -0.4 is 4.90 Å².